The Hall–Kier alpha value is -1.44. The molecule has 0 saturated carbocycles. The fourth-order valence-corrected chi connectivity index (χ4v) is 3.86. The molecule has 1 saturated heterocycles. The maximum Gasteiger partial charge on any atom is 0.131 e. The lowest BCUT2D eigenvalue weighted by molar-refractivity contribution is -0.0670. The van der Waals surface area contributed by atoms with Crippen LogP contribution in [0.15, 0.2) is 6.20 Å². The normalized spacial score (nSPS) is 24.5. The third-order valence-electron chi connectivity index (χ3n) is 4.88. The molecule has 2 aromatic heterocycles. The minimum absolute atomic E-state index is 0.232. The van der Waals surface area contributed by atoms with Crippen LogP contribution in [-0.2, 0) is 31.4 Å². The predicted octanol–water partition coefficient (Wildman–Crippen LogP) is 1.57. The second-order valence-electron chi connectivity index (χ2n) is 6.30. The van der Waals surface area contributed by atoms with E-state index < -0.39 is 0 Å². The molecule has 0 bridgehead atoms. The summed E-state index contributed by atoms with van der Waals surface area (Å²) in [6, 6.07) is 0.232. The van der Waals surface area contributed by atoms with Crippen molar-refractivity contribution in [2.75, 3.05) is 13.1 Å². The van der Waals surface area contributed by atoms with Crippen molar-refractivity contribution in [1.29, 1.82) is 0 Å². The number of hydrogen-bond donors (Lipinski definition) is 0. The number of piperidine rings is 1. The number of likely N-dealkylation sites (tertiary alicyclic amines) is 1. The van der Waals surface area contributed by atoms with Crippen molar-refractivity contribution in [3.63, 3.8) is 0 Å². The van der Waals surface area contributed by atoms with E-state index in [0.717, 1.165) is 54.6 Å². The SMILES string of the molecule is CCc1nn(C)c(Cl)c1CN1CC[C@H]2OCc3cnnn3[C@@H]2C1. The summed E-state index contributed by atoms with van der Waals surface area (Å²) in [6.45, 7) is 5.45. The second kappa shape index (κ2) is 5.89. The van der Waals surface area contributed by atoms with Crippen LogP contribution in [0.25, 0.3) is 0 Å². The van der Waals surface area contributed by atoms with Crippen LogP contribution in [0.5, 0.6) is 0 Å². The Balaban J connectivity index is 1.55. The van der Waals surface area contributed by atoms with E-state index in [4.69, 9.17) is 16.3 Å². The summed E-state index contributed by atoms with van der Waals surface area (Å²) < 4.78 is 9.77. The molecule has 8 heteroatoms. The molecule has 0 unspecified atom stereocenters. The number of ether oxygens (including phenoxy) is 1. The number of aryl methyl sites for hydroxylation is 2. The average Bonchev–Trinajstić information content (AvgIpc) is 3.15. The number of nitrogens with zero attached hydrogens (tertiary/aromatic N) is 6. The van der Waals surface area contributed by atoms with Crippen LogP contribution in [0.4, 0.5) is 0 Å². The van der Waals surface area contributed by atoms with Crippen LogP contribution >= 0.6 is 11.6 Å². The van der Waals surface area contributed by atoms with Crippen LogP contribution in [0, 0.1) is 0 Å². The third kappa shape index (κ3) is 2.56. The summed E-state index contributed by atoms with van der Waals surface area (Å²) in [7, 11) is 1.90. The molecular formula is C15H21ClN6O. The minimum atomic E-state index is 0.232. The van der Waals surface area contributed by atoms with Gasteiger partial charge in [-0.2, -0.15) is 5.10 Å². The molecule has 124 valence electrons. The van der Waals surface area contributed by atoms with Crippen molar-refractivity contribution in [2.24, 2.45) is 7.05 Å². The number of halogens is 1. The van der Waals surface area contributed by atoms with Gasteiger partial charge in [-0.05, 0) is 12.8 Å². The highest BCUT2D eigenvalue weighted by molar-refractivity contribution is 6.30. The molecule has 0 aliphatic carbocycles. The van der Waals surface area contributed by atoms with Gasteiger partial charge in [0.05, 0.1) is 36.3 Å². The molecular weight excluding hydrogens is 316 g/mol. The molecule has 23 heavy (non-hydrogen) atoms. The smallest absolute Gasteiger partial charge is 0.131 e. The van der Waals surface area contributed by atoms with Crippen molar-refractivity contribution in [1.82, 2.24) is 29.7 Å². The molecule has 2 aliphatic rings. The Morgan fingerprint density at radius 2 is 2.30 bits per heavy atom. The monoisotopic (exact) mass is 336 g/mol. The summed E-state index contributed by atoms with van der Waals surface area (Å²) in [5.74, 6) is 0. The molecule has 0 radical (unpaired) electrons. The Kier molecular flexibility index (Phi) is 3.87. The molecule has 4 rings (SSSR count). The molecule has 7 nitrogen and oxygen atoms in total. The van der Waals surface area contributed by atoms with Gasteiger partial charge in [0, 0.05) is 32.2 Å². The van der Waals surface area contributed by atoms with E-state index >= 15 is 0 Å². The zero-order valence-electron chi connectivity index (χ0n) is 13.4. The van der Waals surface area contributed by atoms with E-state index in [1.165, 1.54) is 0 Å². The quantitative estimate of drug-likeness (QED) is 0.851. The van der Waals surface area contributed by atoms with Gasteiger partial charge in [-0.3, -0.25) is 9.58 Å². The van der Waals surface area contributed by atoms with Gasteiger partial charge in [0.15, 0.2) is 0 Å². The topological polar surface area (TPSA) is 61.0 Å². The molecule has 0 N–H and O–H groups in total. The van der Waals surface area contributed by atoms with Gasteiger partial charge in [0.25, 0.3) is 0 Å². The first kappa shape index (κ1) is 15.1. The minimum Gasteiger partial charge on any atom is -0.370 e. The first-order valence-corrected chi connectivity index (χ1v) is 8.48. The molecule has 0 spiro atoms. The maximum absolute atomic E-state index is 6.43. The Labute approximate surface area is 140 Å². The van der Waals surface area contributed by atoms with Crippen molar-refractivity contribution in [3.05, 3.63) is 28.3 Å². The second-order valence-corrected chi connectivity index (χ2v) is 6.66. The van der Waals surface area contributed by atoms with Crippen molar-refractivity contribution in [3.8, 4) is 0 Å². The summed E-state index contributed by atoms with van der Waals surface area (Å²) >= 11 is 6.43. The Morgan fingerprint density at radius 1 is 1.43 bits per heavy atom. The van der Waals surface area contributed by atoms with Gasteiger partial charge in [0.2, 0.25) is 0 Å². The van der Waals surface area contributed by atoms with Crippen LogP contribution in [-0.4, -0.2) is 48.9 Å². The molecule has 2 atom stereocenters. The van der Waals surface area contributed by atoms with E-state index in [-0.39, 0.29) is 12.1 Å². The number of hydrogen-bond acceptors (Lipinski definition) is 5. The van der Waals surface area contributed by atoms with E-state index in [2.05, 4.69) is 27.2 Å². The Morgan fingerprint density at radius 3 is 3.13 bits per heavy atom. The van der Waals surface area contributed by atoms with Crippen molar-refractivity contribution >= 4 is 11.6 Å². The first-order chi connectivity index (χ1) is 11.2. The largest absolute Gasteiger partial charge is 0.370 e. The van der Waals surface area contributed by atoms with E-state index in [0.29, 0.717) is 6.61 Å². The highest BCUT2D eigenvalue weighted by Gasteiger charge is 2.36. The van der Waals surface area contributed by atoms with Crippen LogP contribution in [0.1, 0.15) is 36.3 Å². The lowest BCUT2D eigenvalue weighted by Crippen LogP contribution is -2.47. The fraction of sp³-hybridized carbons (Fsp3) is 0.667. The molecule has 2 aliphatic heterocycles. The van der Waals surface area contributed by atoms with E-state index in [1.807, 2.05) is 11.7 Å². The molecule has 4 heterocycles. The van der Waals surface area contributed by atoms with Gasteiger partial charge in [-0.25, -0.2) is 4.68 Å². The van der Waals surface area contributed by atoms with E-state index in [9.17, 15) is 0 Å². The molecule has 2 aromatic rings. The molecule has 0 amide bonds. The van der Waals surface area contributed by atoms with Gasteiger partial charge >= 0.3 is 0 Å². The van der Waals surface area contributed by atoms with Crippen LogP contribution in [0.3, 0.4) is 0 Å². The molecule has 1 fully saturated rings. The van der Waals surface area contributed by atoms with Crippen molar-refractivity contribution < 1.29 is 4.74 Å². The van der Waals surface area contributed by atoms with Gasteiger partial charge in [-0.1, -0.05) is 23.7 Å². The van der Waals surface area contributed by atoms with Crippen LogP contribution in [0.2, 0.25) is 5.15 Å². The summed E-state index contributed by atoms with van der Waals surface area (Å²) in [6.07, 6.45) is 3.92. The fourth-order valence-electron chi connectivity index (χ4n) is 3.65. The lowest BCUT2D eigenvalue weighted by atomic mass is 10.00. The maximum atomic E-state index is 6.43. The molecule has 0 aromatic carbocycles. The lowest BCUT2D eigenvalue weighted by Gasteiger charge is -2.41. The zero-order chi connectivity index (χ0) is 16.0. The first-order valence-electron chi connectivity index (χ1n) is 8.10. The van der Waals surface area contributed by atoms with Crippen LogP contribution < -0.4 is 0 Å². The summed E-state index contributed by atoms with van der Waals surface area (Å²) in [5.41, 5.74) is 3.29. The van der Waals surface area contributed by atoms with E-state index in [1.54, 1.807) is 10.9 Å². The van der Waals surface area contributed by atoms with Gasteiger partial charge in [-0.15, -0.1) is 5.10 Å². The predicted molar refractivity (Wildman–Crippen MR) is 85.1 cm³/mol. The van der Waals surface area contributed by atoms with Crippen molar-refractivity contribution in [2.45, 2.75) is 45.1 Å². The third-order valence-corrected chi connectivity index (χ3v) is 5.35. The number of fused-ring (bicyclic) bond motifs is 3. The summed E-state index contributed by atoms with van der Waals surface area (Å²) in [4.78, 5) is 2.42. The standard InChI is InChI=1S/C15H21ClN6O/c1-3-12-11(15(16)20(2)18-12)7-21-5-4-14-13(8-21)22-10(9-23-14)6-17-19-22/h6,13-14H,3-5,7-9H2,1-2H3/t13-,14-/m1/s1. The van der Waals surface area contributed by atoms with Gasteiger partial charge in [0.1, 0.15) is 5.15 Å². The highest BCUT2D eigenvalue weighted by Crippen LogP contribution is 2.31. The number of rotatable bonds is 3. The Bertz CT molecular complexity index is 711. The average molecular weight is 337 g/mol. The number of aromatic nitrogens is 5. The van der Waals surface area contributed by atoms with Gasteiger partial charge < -0.3 is 4.74 Å². The zero-order valence-corrected chi connectivity index (χ0v) is 14.2. The highest BCUT2D eigenvalue weighted by atomic mass is 35.5. The summed E-state index contributed by atoms with van der Waals surface area (Å²) in [5, 5.41) is 13.5.